The highest BCUT2D eigenvalue weighted by Gasteiger charge is 2.12. The second-order valence-corrected chi connectivity index (χ2v) is 5.74. The van der Waals surface area contributed by atoms with Crippen molar-refractivity contribution in [2.24, 2.45) is 5.10 Å². The van der Waals surface area contributed by atoms with Gasteiger partial charge >= 0.3 is 0 Å². The van der Waals surface area contributed by atoms with Crippen LogP contribution in [0, 0.1) is 0 Å². The molecule has 0 amide bonds. The number of hydrogen-bond donors (Lipinski definition) is 5. The summed E-state index contributed by atoms with van der Waals surface area (Å²) in [7, 11) is 0. The molecule has 0 radical (unpaired) electrons. The molecule has 1 aliphatic rings. The van der Waals surface area contributed by atoms with Crippen LogP contribution in [0.1, 0.15) is 12.0 Å². The maximum absolute atomic E-state index is 9.62. The first-order valence-electron chi connectivity index (χ1n) is 7.65. The fourth-order valence-corrected chi connectivity index (χ4v) is 2.45. The monoisotopic (exact) mass is 339 g/mol. The average Bonchev–Trinajstić information content (AvgIpc) is 2.55. The number of hydrogen-bond acceptors (Lipinski definition) is 5. The number of quaternary nitrogens is 1. The van der Waals surface area contributed by atoms with Gasteiger partial charge in [-0.05, 0) is 24.4 Å². The smallest absolute Gasteiger partial charge is 0.186 e. The van der Waals surface area contributed by atoms with Crippen LogP contribution in [0.4, 0.5) is 0 Å². The topological polar surface area (TPSA) is 90.6 Å². The molecule has 1 aromatic carbocycles. The van der Waals surface area contributed by atoms with E-state index in [1.165, 1.54) is 18.3 Å². The van der Waals surface area contributed by atoms with Gasteiger partial charge in [0, 0.05) is 24.6 Å². The van der Waals surface area contributed by atoms with E-state index in [1.807, 2.05) is 0 Å². The van der Waals surface area contributed by atoms with Crippen LogP contribution in [0.5, 0.6) is 11.5 Å². The lowest BCUT2D eigenvalue weighted by Crippen LogP contribution is -3.14. The molecule has 1 aliphatic heterocycles. The van der Waals surface area contributed by atoms with Gasteiger partial charge in [0.05, 0.1) is 26.0 Å². The number of nitrogens with zero attached hydrogens (tertiary/aromatic N) is 1. The summed E-state index contributed by atoms with van der Waals surface area (Å²) in [5.41, 5.74) is 3.20. The second-order valence-electron chi connectivity index (χ2n) is 5.33. The molecule has 23 heavy (non-hydrogen) atoms. The van der Waals surface area contributed by atoms with Crippen LogP contribution >= 0.6 is 12.2 Å². The van der Waals surface area contributed by atoms with E-state index in [-0.39, 0.29) is 11.5 Å². The normalized spacial score (nSPS) is 15.7. The first-order valence-corrected chi connectivity index (χ1v) is 8.06. The van der Waals surface area contributed by atoms with Crippen LogP contribution in [0.15, 0.2) is 23.3 Å². The molecule has 126 valence electrons. The van der Waals surface area contributed by atoms with Crippen LogP contribution in [-0.2, 0) is 4.74 Å². The highest BCUT2D eigenvalue weighted by atomic mass is 32.1. The van der Waals surface area contributed by atoms with Crippen LogP contribution in [0.25, 0.3) is 0 Å². The number of phenolic OH excluding ortho intramolecular Hbond substituents is 2. The molecule has 0 aliphatic carbocycles. The lowest BCUT2D eigenvalue weighted by atomic mass is 10.2. The van der Waals surface area contributed by atoms with Gasteiger partial charge < -0.3 is 25.2 Å². The molecule has 5 N–H and O–H groups in total. The van der Waals surface area contributed by atoms with Gasteiger partial charge in [-0.2, -0.15) is 5.10 Å². The Morgan fingerprint density at radius 2 is 2.13 bits per heavy atom. The van der Waals surface area contributed by atoms with Gasteiger partial charge in [-0.25, -0.2) is 0 Å². The predicted octanol–water partition coefficient (Wildman–Crippen LogP) is -0.799. The SMILES string of the molecule is Oc1ccc(/C=N/NC(=S)NCCC[NH+]2CCOCC2)c(O)c1. The Hall–Kier alpha value is -1.90. The van der Waals surface area contributed by atoms with Gasteiger partial charge in [0.15, 0.2) is 5.11 Å². The van der Waals surface area contributed by atoms with Crippen molar-refractivity contribution in [2.45, 2.75) is 6.42 Å². The van der Waals surface area contributed by atoms with Crippen molar-refractivity contribution in [3.8, 4) is 11.5 Å². The molecule has 0 saturated carbocycles. The number of phenols is 2. The molecule has 2 rings (SSSR count). The minimum absolute atomic E-state index is 0.00666. The number of morpholine rings is 1. The summed E-state index contributed by atoms with van der Waals surface area (Å²) in [6.07, 6.45) is 2.47. The first-order chi connectivity index (χ1) is 11.1. The number of benzene rings is 1. The summed E-state index contributed by atoms with van der Waals surface area (Å²) >= 11 is 5.13. The van der Waals surface area contributed by atoms with E-state index in [9.17, 15) is 10.2 Å². The number of ether oxygens (including phenoxy) is 1. The van der Waals surface area contributed by atoms with Crippen molar-refractivity contribution in [2.75, 3.05) is 39.4 Å². The molecule has 0 bridgehead atoms. The van der Waals surface area contributed by atoms with Crippen LogP contribution < -0.4 is 15.6 Å². The van der Waals surface area contributed by atoms with Crippen molar-refractivity contribution in [3.05, 3.63) is 23.8 Å². The molecule has 1 saturated heterocycles. The molecular weight excluding hydrogens is 316 g/mol. The molecule has 8 heteroatoms. The Balaban J connectivity index is 1.61. The summed E-state index contributed by atoms with van der Waals surface area (Å²) in [5, 5.41) is 26.3. The molecule has 0 spiro atoms. The van der Waals surface area contributed by atoms with Crippen molar-refractivity contribution in [3.63, 3.8) is 0 Å². The van der Waals surface area contributed by atoms with Crippen molar-refractivity contribution in [1.29, 1.82) is 0 Å². The third-order valence-corrected chi connectivity index (χ3v) is 3.81. The van der Waals surface area contributed by atoms with Crippen molar-refractivity contribution in [1.82, 2.24) is 10.7 Å². The number of nitrogens with one attached hydrogen (secondary N) is 3. The molecule has 0 atom stereocenters. The summed E-state index contributed by atoms with van der Waals surface area (Å²) in [5.74, 6) is -0.0323. The van der Waals surface area contributed by atoms with Gasteiger partial charge in [-0.15, -0.1) is 0 Å². The van der Waals surface area contributed by atoms with Gasteiger partial charge in [0.1, 0.15) is 24.6 Å². The molecule has 7 nitrogen and oxygen atoms in total. The lowest BCUT2D eigenvalue weighted by Gasteiger charge is -2.23. The predicted molar refractivity (Wildman–Crippen MR) is 92.1 cm³/mol. The van der Waals surface area contributed by atoms with E-state index in [2.05, 4.69) is 15.8 Å². The Kier molecular flexibility index (Phi) is 7.05. The highest BCUT2D eigenvalue weighted by molar-refractivity contribution is 7.80. The maximum atomic E-state index is 9.62. The minimum atomic E-state index is -0.0390. The lowest BCUT2D eigenvalue weighted by molar-refractivity contribution is -0.908. The number of rotatable bonds is 6. The van der Waals surface area contributed by atoms with Gasteiger partial charge in [0.25, 0.3) is 0 Å². The van der Waals surface area contributed by atoms with E-state index in [4.69, 9.17) is 17.0 Å². The number of hydrazone groups is 1. The molecule has 0 unspecified atom stereocenters. The summed E-state index contributed by atoms with van der Waals surface area (Å²) in [6.45, 7) is 5.73. The van der Waals surface area contributed by atoms with Crippen LogP contribution in [0.2, 0.25) is 0 Å². The van der Waals surface area contributed by atoms with E-state index in [1.54, 1.807) is 11.0 Å². The Bertz CT molecular complexity index is 548. The third kappa shape index (κ3) is 6.39. The zero-order valence-electron chi connectivity index (χ0n) is 12.9. The third-order valence-electron chi connectivity index (χ3n) is 3.58. The second kappa shape index (κ2) is 9.29. The fraction of sp³-hybridized carbons (Fsp3) is 0.467. The number of thiocarbonyl (C=S) groups is 1. The summed E-state index contributed by atoms with van der Waals surface area (Å²) in [4.78, 5) is 1.57. The van der Waals surface area contributed by atoms with E-state index >= 15 is 0 Å². The van der Waals surface area contributed by atoms with Crippen molar-refractivity contribution < 1.29 is 19.8 Å². The van der Waals surface area contributed by atoms with Crippen LogP contribution in [-0.4, -0.2) is 60.9 Å². The zero-order valence-corrected chi connectivity index (χ0v) is 13.7. The van der Waals surface area contributed by atoms with Gasteiger partial charge in [-0.3, -0.25) is 5.43 Å². The van der Waals surface area contributed by atoms with Crippen molar-refractivity contribution >= 4 is 23.5 Å². The van der Waals surface area contributed by atoms with Crippen LogP contribution in [0.3, 0.4) is 0 Å². The van der Waals surface area contributed by atoms with E-state index in [0.717, 1.165) is 45.8 Å². The summed E-state index contributed by atoms with van der Waals surface area (Å²) in [6, 6.07) is 4.30. The standard InChI is InChI=1S/C15H22N4O3S/c20-13-3-2-12(14(21)10-13)11-17-18-15(23)16-4-1-5-19-6-8-22-9-7-19/h2-3,10-11,20-21H,1,4-9H2,(H2,16,18,23)/p+1/b17-11+. The molecule has 0 aromatic heterocycles. The Labute approximate surface area is 140 Å². The maximum Gasteiger partial charge on any atom is 0.186 e. The van der Waals surface area contributed by atoms with Gasteiger partial charge in [-0.1, -0.05) is 0 Å². The molecule has 1 aromatic rings. The minimum Gasteiger partial charge on any atom is -0.508 e. The molecule has 1 fully saturated rings. The molecular formula is C15H23N4O3S+. The van der Waals surface area contributed by atoms with E-state index in [0.29, 0.717) is 10.7 Å². The largest absolute Gasteiger partial charge is 0.508 e. The zero-order chi connectivity index (χ0) is 16.5. The Morgan fingerprint density at radius 1 is 1.35 bits per heavy atom. The first kappa shape index (κ1) is 17.5. The fourth-order valence-electron chi connectivity index (χ4n) is 2.29. The highest BCUT2D eigenvalue weighted by Crippen LogP contribution is 2.20. The number of aromatic hydroxyl groups is 2. The average molecular weight is 339 g/mol. The molecule has 1 heterocycles. The van der Waals surface area contributed by atoms with E-state index < -0.39 is 0 Å². The summed E-state index contributed by atoms with van der Waals surface area (Å²) < 4.78 is 5.33. The Morgan fingerprint density at radius 3 is 2.87 bits per heavy atom. The quantitative estimate of drug-likeness (QED) is 0.202. The van der Waals surface area contributed by atoms with Gasteiger partial charge in [0.2, 0.25) is 0 Å².